The number of nitrogens with one attached hydrogen (secondary N) is 1. The Morgan fingerprint density at radius 3 is 2.32 bits per heavy atom. The van der Waals surface area contributed by atoms with Crippen LogP contribution in [0.2, 0.25) is 0 Å². The highest BCUT2D eigenvalue weighted by Crippen LogP contribution is 2.32. The molecule has 0 heterocycles. The van der Waals surface area contributed by atoms with Crippen molar-refractivity contribution in [3.05, 3.63) is 0 Å². The van der Waals surface area contributed by atoms with E-state index in [-0.39, 0.29) is 11.2 Å². The fourth-order valence-electron chi connectivity index (χ4n) is 2.11. The molecule has 0 aromatic carbocycles. The second-order valence-electron chi connectivity index (χ2n) is 5.90. The summed E-state index contributed by atoms with van der Waals surface area (Å²) in [6.07, 6.45) is 7.21. The van der Waals surface area contributed by atoms with Crippen molar-refractivity contribution in [3.63, 3.8) is 0 Å². The second kappa shape index (κ2) is 6.73. The predicted molar refractivity (Wildman–Crippen MR) is 77.2 cm³/mol. The summed E-state index contributed by atoms with van der Waals surface area (Å²) in [5.41, 5.74) is -0.560. The summed E-state index contributed by atoms with van der Waals surface area (Å²) in [6.45, 7) is 5.97. The zero-order chi connectivity index (χ0) is 14.5. The van der Waals surface area contributed by atoms with Crippen molar-refractivity contribution < 1.29 is 13.2 Å². The molecule has 1 amide bonds. The maximum absolute atomic E-state index is 12.2. The number of carbonyl (C=O) groups excluding carboxylic acids is 1. The maximum Gasteiger partial charge on any atom is 0.239 e. The topological polar surface area (TPSA) is 63.2 Å². The zero-order valence-corrected chi connectivity index (χ0v) is 13.2. The lowest BCUT2D eigenvalue weighted by molar-refractivity contribution is -0.128. The minimum atomic E-state index is -3.41. The number of hydrogen-bond acceptors (Lipinski definition) is 3. The molecule has 0 saturated heterocycles. The highest BCUT2D eigenvalue weighted by atomic mass is 32.2. The third-order valence-electron chi connectivity index (χ3n) is 4.11. The Hall–Kier alpha value is -0.580. The van der Waals surface area contributed by atoms with Gasteiger partial charge in [-0.3, -0.25) is 9.52 Å². The molecule has 1 saturated carbocycles. The molecule has 1 atom stereocenters. The van der Waals surface area contributed by atoms with Gasteiger partial charge in [0.25, 0.3) is 0 Å². The largest absolute Gasteiger partial charge is 0.273 e. The molecule has 0 aromatic rings. The standard InChI is InChI=1S/C14H27NO3S/c1-4-6-7-8-11-14(3,5-2)13(16)15-19(17,18)12-9-10-12/h12H,4-11H2,1-3H3,(H,15,16). The molecule has 1 fully saturated rings. The molecule has 1 unspecified atom stereocenters. The first kappa shape index (κ1) is 16.5. The first-order valence-corrected chi connectivity index (χ1v) is 8.96. The SMILES string of the molecule is CCCCCCC(C)(CC)C(=O)NS(=O)(=O)C1CC1. The molecule has 0 aliphatic heterocycles. The normalized spacial score (nSPS) is 18.9. The van der Waals surface area contributed by atoms with E-state index in [0.717, 1.165) is 25.7 Å². The van der Waals surface area contributed by atoms with Gasteiger partial charge in [-0.1, -0.05) is 46.5 Å². The van der Waals surface area contributed by atoms with Gasteiger partial charge >= 0.3 is 0 Å². The maximum atomic E-state index is 12.2. The van der Waals surface area contributed by atoms with Crippen LogP contribution in [0.5, 0.6) is 0 Å². The van der Waals surface area contributed by atoms with Gasteiger partial charge in [-0.05, 0) is 25.7 Å². The molecular weight excluding hydrogens is 262 g/mol. The van der Waals surface area contributed by atoms with Gasteiger partial charge in [-0.2, -0.15) is 0 Å². The first-order valence-electron chi connectivity index (χ1n) is 7.42. The Labute approximate surface area is 117 Å². The molecule has 0 bridgehead atoms. The van der Waals surface area contributed by atoms with Gasteiger partial charge < -0.3 is 0 Å². The molecule has 0 spiro atoms. The quantitative estimate of drug-likeness (QED) is 0.664. The summed E-state index contributed by atoms with van der Waals surface area (Å²) in [7, 11) is -3.41. The van der Waals surface area contributed by atoms with Crippen LogP contribution in [0.1, 0.15) is 72.1 Å². The minimum absolute atomic E-state index is 0.321. The summed E-state index contributed by atoms with van der Waals surface area (Å²) in [6, 6.07) is 0. The van der Waals surface area contributed by atoms with Crippen molar-refractivity contribution in [2.75, 3.05) is 0 Å². The predicted octanol–water partition coefficient (Wildman–Crippen LogP) is 2.98. The molecule has 5 heteroatoms. The number of hydrogen-bond donors (Lipinski definition) is 1. The molecule has 0 radical (unpaired) electrons. The smallest absolute Gasteiger partial charge is 0.239 e. The Morgan fingerprint density at radius 1 is 1.21 bits per heavy atom. The Balaban J connectivity index is 2.53. The molecule has 1 rings (SSSR count). The Kier molecular flexibility index (Phi) is 5.83. The first-order chi connectivity index (χ1) is 8.85. The van der Waals surface area contributed by atoms with Gasteiger partial charge in [0.05, 0.1) is 5.25 Å². The summed E-state index contributed by atoms with van der Waals surface area (Å²) >= 11 is 0. The number of sulfonamides is 1. The fraction of sp³-hybridized carbons (Fsp3) is 0.929. The van der Waals surface area contributed by atoms with Gasteiger partial charge in [0.1, 0.15) is 0 Å². The van der Waals surface area contributed by atoms with Gasteiger partial charge in [-0.15, -0.1) is 0 Å². The van der Waals surface area contributed by atoms with Crippen molar-refractivity contribution >= 4 is 15.9 Å². The molecule has 1 aliphatic carbocycles. The zero-order valence-electron chi connectivity index (χ0n) is 12.4. The minimum Gasteiger partial charge on any atom is -0.273 e. The molecule has 0 aromatic heterocycles. The van der Waals surface area contributed by atoms with Gasteiger partial charge in [-0.25, -0.2) is 8.42 Å². The monoisotopic (exact) mass is 289 g/mol. The van der Waals surface area contributed by atoms with Crippen molar-refractivity contribution in [2.45, 2.75) is 77.4 Å². The Bertz CT molecular complexity index is 401. The average Bonchev–Trinajstić information content (AvgIpc) is 3.18. The van der Waals surface area contributed by atoms with E-state index in [9.17, 15) is 13.2 Å². The van der Waals surface area contributed by atoms with Crippen LogP contribution < -0.4 is 4.72 Å². The number of carbonyl (C=O) groups is 1. The third-order valence-corrected chi connectivity index (χ3v) is 5.93. The summed E-state index contributed by atoms with van der Waals surface area (Å²) in [5.74, 6) is -0.321. The summed E-state index contributed by atoms with van der Waals surface area (Å²) < 4.78 is 25.9. The summed E-state index contributed by atoms with van der Waals surface area (Å²) in [5, 5.41) is -0.336. The molecular formula is C14H27NO3S. The van der Waals surface area contributed by atoms with Crippen molar-refractivity contribution in [3.8, 4) is 0 Å². The van der Waals surface area contributed by atoms with Gasteiger partial charge in [0, 0.05) is 5.41 Å². The Morgan fingerprint density at radius 2 is 1.84 bits per heavy atom. The van der Waals surface area contributed by atoms with Crippen LogP contribution in [-0.2, 0) is 14.8 Å². The van der Waals surface area contributed by atoms with Gasteiger partial charge in [0.15, 0.2) is 0 Å². The molecule has 1 N–H and O–H groups in total. The average molecular weight is 289 g/mol. The van der Waals surface area contributed by atoms with E-state index >= 15 is 0 Å². The number of unbranched alkanes of at least 4 members (excludes halogenated alkanes) is 3. The highest BCUT2D eigenvalue weighted by Gasteiger charge is 2.40. The van der Waals surface area contributed by atoms with Crippen LogP contribution in [0.25, 0.3) is 0 Å². The van der Waals surface area contributed by atoms with Crippen molar-refractivity contribution in [2.24, 2.45) is 5.41 Å². The van der Waals surface area contributed by atoms with Crippen LogP contribution in [-0.4, -0.2) is 19.6 Å². The van der Waals surface area contributed by atoms with Crippen molar-refractivity contribution in [1.82, 2.24) is 4.72 Å². The molecule has 112 valence electrons. The van der Waals surface area contributed by atoms with E-state index in [1.165, 1.54) is 6.42 Å². The van der Waals surface area contributed by atoms with Crippen LogP contribution in [0.15, 0.2) is 0 Å². The van der Waals surface area contributed by atoms with Crippen molar-refractivity contribution in [1.29, 1.82) is 0 Å². The van der Waals surface area contributed by atoms with Crippen LogP contribution in [0.3, 0.4) is 0 Å². The van der Waals surface area contributed by atoms with E-state index in [0.29, 0.717) is 19.3 Å². The van der Waals surface area contributed by atoms with E-state index in [1.54, 1.807) is 0 Å². The lowest BCUT2D eigenvalue weighted by atomic mass is 9.81. The van der Waals surface area contributed by atoms with E-state index in [1.807, 2.05) is 13.8 Å². The molecule has 19 heavy (non-hydrogen) atoms. The summed E-state index contributed by atoms with van der Waals surface area (Å²) in [4.78, 5) is 12.2. The van der Waals surface area contributed by atoms with Crippen LogP contribution in [0, 0.1) is 5.41 Å². The highest BCUT2D eigenvalue weighted by molar-refractivity contribution is 7.90. The molecule has 1 aliphatic rings. The lowest BCUT2D eigenvalue weighted by Gasteiger charge is -2.26. The van der Waals surface area contributed by atoms with Crippen LogP contribution >= 0.6 is 0 Å². The third kappa shape index (κ3) is 4.79. The molecule has 4 nitrogen and oxygen atoms in total. The van der Waals surface area contributed by atoms with E-state index in [4.69, 9.17) is 0 Å². The fourth-order valence-corrected chi connectivity index (χ4v) is 3.54. The number of amides is 1. The van der Waals surface area contributed by atoms with Gasteiger partial charge in [0.2, 0.25) is 15.9 Å². The van der Waals surface area contributed by atoms with Crippen LogP contribution in [0.4, 0.5) is 0 Å². The number of rotatable bonds is 9. The second-order valence-corrected chi connectivity index (χ2v) is 7.86. The lowest BCUT2D eigenvalue weighted by Crippen LogP contribution is -2.43. The van der Waals surface area contributed by atoms with E-state index in [2.05, 4.69) is 11.6 Å². The van der Waals surface area contributed by atoms with E-state index < -0.39 is 15.4 Å².